The Balaban J connectivity index is 1.78. The van der Waals surface area contributed by atoms with Crippen molar-refractivity contribution >= 4 is 11.6 Å². The molecule has 2 N–H and O–H groups in total. The molecule has 0 unspecified atom stereocenters. The molecule has 1 fully saturated rings. The molecule has 0 saturated heterocycles. The van der Waals surface area contributed by atoms with Gasteiger partial charge in [0.25, 0.3) is 0 Å². The van der Waals surface area contributed by atoms with E-state index in [-0.39, 0.29) is 18.3 Å². The summed E-state index contributed by atoms with van der Waals surface area (Å²) in [6, 6.07) is 11.3. The van der Waals surface area contributed by atoms with Crippen LogP contribution in [0.1, 0.15) is 30.9 Å². The first-order valence-corrected chi connectivity index (χ1v) is 8.03. The van der Waals surface area contributed by atoms with Crippen LogP contribution < -0.4 is 10.1 Å². The minimum absolute atomic E-state index is 0.109. The lowest BCUT2D eigenvalue weighted by molar-refractivity contribution is -0.118. The van der Waals surface area contributed by atoms with E-state index < -0.39 is 5.41 Å². The van der Waals surface area contributed by atoms with Gasteiger partial charge in [0, 0.05) is 11.3 Å². The van der Waals surface area contributed by atoms with E-state index in [0.29, 0.717) is 23.6 Å². The molecule has 126 valence electrons. The lowest BCUT2D eigenvalue weighted by atomic mass is 9.95. The minimum Gasteiger partial charge on any atom is -0.494 e. The maximum atomic E-state index is 13.1. The fraction of sp³-hybridized carbons (Fsp3) is 0.316. The van der Waals surface area contributed by atoms with Gasteiger partial charge < -0.3 is 15.2 Å². The number of ether oxygens (including phenoxy) is 1. The standard InChI is InChI=1S/C19H20FNO3/c1-2-24-17-8-7-16(11-13(17)12-22)21-18(23)19(9-10-19)14-3-5-15(20)6-4-14/h3-8,11,22H,2,9-10,12H2,1H3,(H,21,23). The number of anilines is 1. The third-order valence-electron chi connectivity index (χ3n) is 4.37. The molecule has 24 heavy (non-hydrogen) atoms. The number of halogens is 1. The fourth-order valence-electron chi connectivity index (χ4n) is 2.87. The first-order valence-electron chi connectivity index (χ1n) is 8.03. The Bertz CT molecular complexity index is 739. The van der Waals surface area contributed by atoms with Gasteiger partial charge in [-0.05, 0) is 55.7 Å². The highest BCUT2D eigenvalue weighted by Crippen LogP contribution is 2.49. The molecule has 1 amide bonds. The number of nitrogens with one attached hydrogen (secondary N) is 1. The Morgan fingerprint density at radius 1 is 1.25 bits per heavy atom. The summed E-state index contributed by atoms with van der Waals surface area (Å²) in [4.78, 5) is 12.7. The van der Waals surface area contributed by atoms with Crippen LogP contribution in [0, 0.1) is 5.82 Å². The summed E-state index contributed by atoms with van der Waals surface area (Å²) in [7, 11) is 0. The normalized spacial score (nSPS) is 15.0. The average molecular weight is 329 g/mol. The van der Waals surface area contributed by atoms with Crippen molar-refractivity contribution in [3.63, 3.8) is 0 Å². The van der Waals surface area contributed by atoms with E-state index in [4.69, 9.17) is 4.74 Å². The topological polar surface area (TPSA) is 58.6 Å². The number of carbonyl (C=O) groups is 1. The van der Waals surface area contributed by atoms with E-state index in [2.05, 4.69) is 5.32 Å². The molecule has 3 rings (SSSR count). The maximum absolute atomic E-state index is 13.1. The summed E-state index contributed by atoms with van der Waals surface area (Å²) in [5, 5.41) is 12.4. The molecule has 0 aromatic heterocycles. The summed E-state index contributed by atoms with van der Waals surface area (Å²) in [6.45, 7) is 2.21. The van der Waals surface area contributed by atoms with E-state index in [9.17, 15) is 14.3 Å². The number of aliphatic hydroxyl groups excluding tert-OH is 1. The predicted molar refractivity (Wildman–Crippen MR) is 89.5 cm³/mol. The van der Waals surface area contributed by atoms with Crippen molar-refractivity contribution in [1.82, 2.24) is 0 Å². The average Bonchev–Trinajstić information content (AvgIpc) is 3.39. The lowest BCUT2D eigenvalue weighted by Crippen LogP contribution is -2.27. The Morgan fingerprint density at radius 3 is 2.54 bits per heavy atom. The zero-order chi connectivity index (χ0) is 17.2. The van der Waals surface area contributed by atoms with Crippen LogP contribution in [0.4, 0.5) is 10.1 Å². The van der Waals surface area contributed by atoms with Crippen LogP contribution in [-0.4, -0.2) is 17.6 Å². The lowest BCUT2D eigenvalue weighted by Gasteiger charge is -2.17. The van der Waals surface area contributed by atoms with Crippen molar-refractivity contribution < 1.29 is 19.0 Å². The van der Waals surface area contributed by atoms with Crippen LogP contribution in [0.2, 0.25) is 0 Å². The fourth-order valence-corrected chi connectivity index (χ4v) is 2.87. The molecule has 0 radical (unpaired) electrons. The van der Waals surface area contributed by atoms with Crippen molar-refractivity contribution in [2.24, 2.45) is 0 Å². The second kappa shape index (κ2) is 6.61. The van der Waals surface area contributed by atoms with Gasteiger partial charge in [0.15, 0.2) is 0 Å². The number of benzene rings is 2. The summed E-state index contributed by atoms with van der Waals surface area (Å²) < 4.78 is 18.5. The molecule has 1 aliphatic carbocycles. The van der Waals surface area contributed by atoms with E-state index in [1.165, 1.54) is 12.1 Å². The molecule has 1 aliphatic rings. The highest BCUT2D eigenvalue weighted by Gasteiger charge is 2.51. The van der Waals surface area contributed by atoms with Gasteiger partial charge in [0.2, 0.25) is 5.91 Å². The first kappa shape index (κ1) is 16.5. The van der Waals surface area contributed by atoms with Gasteiger partial charge in [-0.1, -0.05) is 12.1 Å². The van der Waals surface area contributed by atoms with Gasteiger partial charge >= 0.3 is 0 Å². The summed E-state index contributed by atoms with van der Waals surface area (Å²) in [5.74, 6) is 0.189. The quantitative estimate of drug-likeness (QED) is 0.854. The largest absolute Gasteiger partial charge is 0.494 e. The molecule has 0 bridgehead atoms. The SMILES string of the molecule is CCOc1ccc(NC(=O)C2(c3ccc(F)cc3)CC2)cc1CO. The van der Waals surface area contributed by atoms with Gasteiger partial charge in [-0.3, -0.25) is 4.79 Å². The minimum atomic E-state index is -0.578. The number of carbonyl (C=O) groups excluding carboxylic acids is 1. The molecule has 0 spiro atoms. The molecule has 2 aromatic rings. The zero-order valence-electron chi connectivity index (χ0n) is 13.5. The van der Waals surface area contributed by atoms with Crippen molar-refractivity contribution in [2.45, 2.75) is 31.8 Å². The van der Waals surface area contributed by atoms with Gasteiger partial charge in [-0.25, -0.2) is 4.39 Å². The van der Waals surface area contributed by atoms with Crippen LogP contribution >= 0.6 is 0 Å². The van der Waals surface area contributed by atoms with Crippen molar-refractivity contribution in [3.8, 4) is 5.75 Å². The number of aliphatic hydroxyl groups is 1. The summed E-state index contributed by atoms with van der Waals surface area (Å²) >= 11 is 0. The van der Waals surface area contributed by atoms with Crippen molar-refractivity contribution in [1.29, 1.82) is 0 Å². The third-order valence-corrected chi connectivity index (χ3v) is 4.37. The van der Waals surface area contributed by atoms with Gasteiger partial charge in [-0.2, -0.15) is 0 Å². The van der Waals surface area contributed by atoms with Gasteiger partial charge in [0.1, 0.15) is 11.6 Å². The van der Waals surface area contributed by atoms with Crippen LogP contribution in [0.15, 0.2) is 42.5 Å². The molecule has 0 atom stereocenters. The highest BCUT2D eigenvalue weighted by atomic mass is 19.1. The Morgan fingerprint density at radius 2 is 1.96 bits per heavy atom. The van der Waals surface area contributed by atoms with E-state index in [1.807, 2.05) is 6.92 Å². The number of amides is 1. The smallest absolute Gasteiger partial charge is 0.235 e. The number of hydrogen-bond donors (Lipinski definition) is 2. The number of hydrogen-bond acceptors (Lipinski definition) is 3. The van der Waals surface area contributed by atoms with Gasteiger partial charge in [-0.15, -0.1) is 0 Å². The van der Waals surface area contributed by atoms with Crippen LogP contribution in [0.25, 0.3) is 0 Å². The molecule has 0 heterocycles. The Labute approximate surface area is 140 Å². The second-order valence-electron chi connectivity index (χ2n) is 5.96. The molecule has 0 aliphatic heterocycles. The van der Waals surface area contributed by atoms with E-state index in [1.54, 1.807) is 30.3 Å². The monoisotopic (exact) mass is 329 g/mol. The number of rotatable bonds is 6. The zero-order valence-corrected chi connectivity index (χ0v) is 13.5. The van der Waals surface area contributed by atoms with Crippen molar-refractivity contribution in [2.75, 3.05) is 11.9 Å². The first-order chi connectivity index (χ1) is 11.6. The van der Waals surface area contributed by atoms with E-state index >= 15 is 0 Å². The second-order valence-corrected chi connectivity index (χ2v) is 5.96. The van der Waals surface area contributed by atoms with Crippen LogP contribution in [0.5, 0.6) is 5.75 Å². The molecular weight excluding hydrogens is 309 g/mol. The van der Waals surface area contributed by atoms with Crippen molar-refractivity contribution in [3.05, 3.63) is 59.4 Å². The molecule has 4 nitrogen and oxygen atoms in total. The highest BCUT2D eigenvalue weighted by molar-refractivity contribution is 6.01. The van der Waals surface area contributed by atoms with Crippen LogP contribution in [0.3, 0.4) is 0 Å². The molecular formula is C19H20FNO3. The Hall–Kier alpha value is -2.40. The molecule has 2 aromatic carbocycles. The third kappa shape index (κ3) is 3.12. The predicted octanol–water partition coefficient (Wildman–Crippen LogP) is 3.39. The molecule has 1 saturated carbocycles. The van der Waals surface area contributed by atoms with Gasteiger partial charge in [0.05, 0.1) is 18.6 Å². The van der Waals surface area contributed by atoms with E-state index in [0.717, 1.165) is 18.4 Å². The van der Waals surface area contributed by atoms with Crippen LogP contribution in [-0.2, 0) is 16.8 Å². The summed E-state index contributed by atoms with van der Waals surface area (Å²) in [6.07, 6.45) is 1.49. The molecule has 5 heteroatoms. The summed E-state index contributed by atoms with van der Waals surface area (Å²) in [5.41, 5.74) is 1.49. The maximum Gasteiger partial charge on any atom is 0.235 e. The Kier molecular flexibility index (Phi) is 4.53.